The van der Waals surface area contributed by atoms with Crippen molar-refractivity contribution in [3.8, 4) is 0 Å². The van der Waals surface area contributed by atoms with E-state index in [-0.39, 0.29) is 17.1 Å². The van der Waals surface area contributed by atoms with Gasteiger partial charge in [0.25, 0.3) is 0 Å². The smallest absolute Gasteiger partial charge is 0.0681 e. The number of halogens is 1. The molecule has 16 heavy (non-hydrogen) atoms. The highest BCUT2D eigenvalue weighted by Crippen LogP contribution is 2.64. The zero-order chi connectivity index (χ0) is 12.3. The molecule has 0 amide bonds. The van der Waals surface area contributed by atoms with Gasteiger partial charge in [-0.15, -0.1) is 0 Å². The summed E-state index contributed by atoms with van der Waals surface area (Å²) in [5, 5.41) is 9.00. The normalized spacial score (nSPS) is 13.5. The highest BCUT2D eigenvalue weighted by Gasteiger charge is 2.33. The van der Waals surface area contributed by atoms with Gasteiger partial charge in [-0.05, 0) is 17.7 Å². The fraction of sp³-hybridized carbons (Fsp3) is 0.538. The van der Waals surface area contributed by atoms with Gasteiger partial charge in [0.05, 0.1) is 6.61 Å². The Morgan fingerprint density at radius 2 is 1.50 bits per heavy atom. The van der Waals surface area contributed by atoms with Gasteiger partial charge >= 0.3 is 0 Å². The van der Waals surface area contributed by atoms with Crippen LogP contribution < -0.4 is 0 Å². The van der Waals surface area contributed by atoms with Gasteiger partial charge in [0.1, 0.15) is 0 Å². The van der Waals surface area contributed by atoms with Gasteiger partial charge in [0, 0.05) is 15.4 Å². The van der Waals surface area contributed by atoms with E-state index in [9.17, 15) is 0 Å². The Morgan fingerprint density at radius 3 is 1.81 bits per heavy atom. The SMILES string of the molecule is CC(C)S(F)(c1ccc(CO)cc1)C(C)C. The second kappa shape index (κ2) is 5.19. The average molecular weight is 244 g/mol. The molecule has 0 aliphatic carbocycles. The van der Waals surface area contributed by atoms with Crippen molar-refractivity contribution < 1.29 is 8.99 Å². The van der Waals surface area contributed by atoms with Gasteiger partial charge in [-0.1, -0.05) is 50.2 Å². The molecule has 0 aromatic heterocycles. The van der Waals surface area contributed by atoms with E-state index in [1.165, 1.54) is 0 Å². The van der Waals surface area contributed by atoms with Crippen molar-refractivity contribution in [3.63, 3.8) is 0 Å². The predicted molar refractivity (Wildman–Crippen MR) is 69.6 cm³/mol. The molecule has 0 radical (unpaired) electrons. The lowest BCUT2D eigenvalue weighted by Crippen LogP contribution is -2.17. The largest absolute Gasteiger partial charge is 0.392 e. The Kier molecular flexibility index (Phi) is 4.39. The zero-order valence-electron chi connectivity index (χ0n) is 10.4. The lowest BCUT2D eigenvalue weighted by Gasteiger charge is -2.39. The van der Waals surface area contributed by atoms with E-state index in [2.05, 4.69) is 0 Å². The zero-order valence-corrected chi connectivity index (χ0v) is 11.2. The summed E-state index contributed by atoms with van der Waals surface area (Å²) in [6, 6.07) is 7.25. The lowest BCUT2D eigenvalue weighted by atomic mass is 10.2. The maximum atomic E-state index is 15.0. The van der Waals surface area contributed by atoms with Crippen LogP contribution in [0.4, 0.5) is 3.89 Å². The molecule has 0 spiro atoms. The Hall–Kier alpha value is -0.540. The first-order valence-corrected chi connectivity index (χ1v) is 7.29. The van der Waals surface area contributed by atoms with Gasteiger partial charge < -0.3 is 5.11 Å². The van der Waals surface area contributed by atoms with Crippen LogP contribution in [0.1, 0.15) is 33.3 Å². The maximum Gasteiger partial charge on any atom is 0.0681 e. The van der Waals surface area contributed by atoms with E-state index >= 15 is 3.89 Å². The van der Waals surface area contributed by atoms with Gasteiger partial charge in [0.15, 0.2) is 0 Å². The summed E-state index contributed by atoms with van der Waals surface area (Å²) in [5.41, 5.74) is 0.831. The molecule has 1 aromatic carbocycles. The Bertz CT molecular complexity index is 324. The highest BCUT2D eigenvalue weighted by atomic mass is 32.3. The quantitative estimate of drug-likeness (QED) is 0.847. The molecule has 0 saturated heterocycles. The molecule has 1 rings (SSSR count). The molecular formula is C13H21FOS. The first-order valence-electron chi connectivity index (χ1n) is 5.63. The standard InChI is InChI=1S/C13H21FOS/c1-10(2)16(14,11(3)4)13-7-5-12(9-15)6-8-13/h5-8,10-11,15H,9H2,1-4H3. The Balaban J connectivity index is 3.12. The Labute approximate surface area is 99.3 Å². The van der Waals surface area contributed by atoms with Crippen molar-refractivity contribution in [2.45, 2.75) is 49.7 Å². The van der Waals surface area contributed by atoms with Crippen LogP contribution in [0.15, 0.2) is 29.2 Å². The summed E-state index contributed by atoms with van der Waals surface area (Å²) in [6.07, 6.45) is 0. The monoisotopic (exact) mass is 244 g/mol. The number of rotatable bonds is 4. The molecule has 92 valence electrons. The van der Waals surface area contributed by atoms with E-state index in [0.29, 0.717) is 0 Å². The number of hydrogen-bond acceptors (Lipinski definition) is 1. The first kappa shape index (κ1) is 13.5. The van der Waals surface area contributed by atoms with Crippen LogP contribution in [0.5, 0.6) is 0 Å². The molecule has 0 heterocycles. The molecular weight excluding hydrogens is 223 g/mol. The molecule has 1 nitrogen and oxygen atoms in total. The number of benzene rings is 1. The van der Waals surface area contributed by atoms with Crippen molar-refractivity contribution in [1.29, 1.82) is 0 Å². The van der Waals surface area contributed by atoms with Gasteiger partial charge in [0.2, 0.25) is 0 Å². The third kappa shape index (κ3) is 2.41. The molecule has 3 heteroatoms. The molecule has 0 saturated carbocycles. The second-order valence-electron chi connectivity index (χ2n) is 4.53. The molecule has 0 aliphatic heterocycles. The minimum absolute atomic E-state index is 0.0122. The highest BCUT2D eigenvalue weighted by molar-refractivity contribution is 8.30. The van der Waals surface area contributed by atoms with Crippen molar-refractivity contribution in [2.24, 2.45) is 0 Å². The van der Waals surface area contributed by atoms with Crippen LogP contribution in [0.3, 0.4) is 0 Å². The van der Waals surface area contributed by atoms with E-state index < -0.39 is 10.4 Å². The van der Waals surface area contributed by atoms with Crippen LogP contribution in [-0.4, -0.2) is 15.6 Å². The van der Waals surface area contributed by atoms with Gasteiger partial charge in [-0.3, -0.25) is 0 Å². The summed E-state index contributed by atoms with van der Waals surface area (Å²) in [6.45, 7) is 7.77. The van der Waals surface area contributed by atoms with Crippen LogP contribution >= 0.6 is 10.4 Å². The van der Waals surface area contributed by atoms with E-state index in [1.807, 2.05) is 39.8 Å². The molecule has 0 unspecified atom stereocenters. The minimum Gasteiger partial charge on any atom is -0.392 e. The maximum absolute atomic E-state index is 15.0. The molecule has 0 aliphatic rings. The summed E-state index contributed by atoms with van der Waals surface area (Å²) >= 11 is 0. The van der Waals surface area contributed by atoms with Crippen LogP contribution in [0, 0.1) is 0 Å². The van der Waals surface area contributed by atoms with Crippen molar-refractivity contribution in [3.05, 3.63) is 29.8 Å². The van der Waals surface area contributed by atoms with Crippen molar-refractivity contribution >= 4 is 10.4 Å². The van der Waals surface area contributed by atoms with E-state index in [0.717, 1.165) is 10.5 Å². The second-order valence-corrected chi connectivity index (χ2v) is 8.14. The number of aliphatic hydroxyl groups excluding tert-OH is 1. The van der Waals surface area contributed by atoms with Gasteiger partial charge in [-0.2, -0.15) is 3.89 Å². The third-order valence-corrected chi connectivity index (χ3v) is 6.58. The summed E-state index contributed by atoms with van der Waals surface area (Å²) in [5.74, 6) is 0. The Morgan fingerprint density at radius 1 is 1.06 bits per heavy atom. The van der Waals surface area contributed by atoms with Gasteiger partial charge in [-0.25, -0.2) is 0 Å². The number of aliphatic hydroxyl groups is 1. The van der Waals surface area contributed by atoms with Crippen LogP contribution in [0.2, 0.25) is 0 Å². The molecule has 0 bridgehead atoms. The van der Waals surface area contributed by atoms with Crippen LogP contribution in [-0.2, 0) is 6.61 Å². The fourth-order valence-corrected chi connectivity index (χ4v) is 4.62. The van der Waals surface area contributed by atoms with Crippen molar-refractivity contribution in [1.82, 2.24) is 0 Å². The molecule has 0 atom stereocenters. The minimum atomic E-state index is -2.26. The molecule has 1 aromatic rings. The van der Waals surface area contributed by atoms with E-state index in [4.69, 9.17) is 5.11 Å². The topological polar surface area (TPSA) is 20.2 Å². The fourth-order valence-electron chi connectivity index (χ4n) is 1.89. The molecule has 0 fully saturated rings. The summed E-state index contributed by atoms with van der Waals surface area (Å²) < 4.78 is 15.0. The first-order chi connectivity index (χ1) is 7.42. The summed E-state index contributed by atoms with van der Waals surface area (Å²) in [4.78, 5) is 0.787. The third-order valence-electron chi connectivity index (χ3n) is 2.84. The average Bonchev–Trinajstić information content (AvgIpc) is 2.27. The lowest BCUT2D eigenvalue weighted by molar-refractivity contribution is 0.282. The van der Waals surface area contributed by atoms with Crippen molar-refractivity contribution in [2.75, 3.05) is 0 Å². The van der Waals surface area contributed by atoms with Crippen LogP contribution in [0.25, 0.3) is 0 Å². The summed E-state index contributed by atoms with van der Waals surface area (Å²) in [7, 11) is -2.26. The molecule has 1 N–H and O–H groups in total. The number of hydrogen-bond donors (Lipinski definition) is 1. The van der Waals surface area contributed by atoms with E-state index in [1.54, 1.807) is 12.1 Å². The predicted octanol–water partition coefficient (Wildman–Crippen LogP) is 4.04.